The topological polar surface area (TPSA) is 12.5 Å². The van der Waals surface area contributed by atoms with Gasteiger partial charge in [-0.2, -0.15) is 0 Å². The Morgan fingerprint density at radius 3 is 1.53 bits per heavy atom. The minimum atomic E-state index is 0.0191. The molecule has 2 heteroatoms. The number of hydrogen-bond acceptors (Lipinski definition) is 2. The smallest absolute Gasteiger partial charge is 0.131 e. The largest absolute Gasteiger partial charge is 0.457 e. The number of rotatable bonds is 5. The minimum Gasteiger partial charge on any atom is -0.457 e. The normalized spacial score (nSPS) is 29.5. The van der Waals surface area contributed by atoms with E-state index in [9.17, 15) is 0 Å². The average molecular weight is 840 g/mol. The predicted molar refractivity (Wildman–Crippen MR) is 265 cm³/mol. The molecule has 2 bridgehead atoms. The highest BCUT2D eigenvalue weighted by atomic mass is 16.5. The summed E-state index contributed by atoms with van der Waals surface area (Å²) in [7, 11) is 0. The second-order valence-electron chi connectivity index (χ2n) is 24.3. The van der Waals surface area contributed by atoms with Crippen LogP contribution in [-0.2, 0) is 27.1 Å². The summed E-state index contributed by atoms with van der Waals surface area (Å²) in [6.45, 7) is 19.5. The maximum atomic E-state index is 6.91. The standard InChI is InChI=1S/C62H65NO/c1-57(2)29-31-59(5,6)55-45(13-11-16-48(55)57)39-19-23-42(24-20-39)63(43-25-21-40(22-26-43)46-14-12-17-49-56(46)60(7,8)32-30-58(49,3)4)44-27-28-52-50(36-44)62(47-15-9-10-18-51(47)64-52)53-34-38-33-41-35-54(62)61(41,53)37-38/h9-28,36,38,41,53-54H,29-35,37H2,1-8H3. The fraction of sp³-hybridized carbons (Fsp3) is 0.419. The highest BCUT2D eigenvalue weighted by Gasteiger charge is 2.84. The molecule has 1 aliphatic heterocycles. The van der Waals surface area contributed by atoms with Crippen molar-refractivity contribution in [3.8, 4) is 33.8 Å². The van der Waals surface area contributed by atoms with Crippen LogP contribution >= 0.6 is 0 Å². The van der Waals surface area contributed by atoms with Crippen molar-refractivity contribution >= 4 is 17.1 Å². The lowest BCUT2D eigenvalue weighted by atomic mass is 9.26. The number of anilines is 3. The first-order valence-electron chi connectivity index (χ1n) is 24.8. The molecule has 1 heterocycles. The lowest BCUT2D eigenvalue weighted by Crippen LogP contribution is -2.74. The molecule has 0 aromatic heterocycles. The Morgan fingerprint density at radius 1 is 0.453 bits per heavy atom. The van der Waals surface area contributed by atoms with Gasteiger partial charge in [0.1, 0.15) is 11.5 Å². The highest BCUT2D eigenvalue weighted by molar-refractivity contribution is 5.83. The van der Waals surface area contributed by atoms with Gasteiger partial charge in [-0.15, -0.1) is 0 Å². The fourth-order valence-corrected chi connectivity index (χ4v) is 16.2. The molecule has 2 spiro atoms. The van der Waals surface area contributed by atoms with Crippen molar-refractivity contribution in [2.24, 2.45) is 29.1 Å². The Labute approximate surface area is 382 Å². The van der Waals surface area contributed by atoms with Crippen LogP contribution in [0.15, 0.2) is 127 Å². The molecule has 0 N–H and O–H groups in total. The summed E-state index contributed by atoms with van der Waals surface area (Å²) in [5.74, 6) is 5.37. The molecule has 0 amide bonds. The van der Waals surface area contributed by atoms with Gasteiger partial charge in [-0.3, -0.25) is 0 Å². The first-order valence-corrected chi connectivity index (χ1v) is 24.8. The number of benzene rings is 6. The summed E-state index contributed by atoms with van der Waals surface area (Å²) in [5, 5.41) is 0. The second-order valence-corrected chi connectivity index (χ2v) is 24.3. The third kappa shape index (κ3) is 5.04. The third-order valence-electron chi connectivity index (χ3n) is 19.3. The van der Waals surface area contributed by atoms with Gasteiger partial charge in [-0.25, -0.2) is 0 Å². The summed E-state index contributed by atoms with van der Waals surface area (Å²) in [4.78, 5) is 2.53. The van der Waals surface area contributed by atoms with Crippen LogP contribution in [0, 0.1) is 29.1 Å². The lowest BCUT2D eigenvalue weighted by Gasteiger charge is -2.77. The van der Waals surface area contributed by atoms with Gasteiger partial charge in [-0.1, -0.05) is 134 Å². The van der Waals surface area contributed by atoms with Crippen molar-refractivity contribution in [1.29, 1.82) is 0 Å². The van der Waals surface area contributed by atoms with Crippen LogP contribution in [0.4, 0.5) is 17.1 Å². The number of nitrogens with zero attached hydrogens (tertiary/aromatic N) is 1. The predicted octanol–water partition coefficient (Wildman–Crippen LogP) is 16.6. The maximum absolute atomic E-state index is 6.91. The van der Waals surface area contributed by atoms with Gasteiger partial charge < -0.3 is 9.64 Å². The summed E-state index contributed by atoms with van der Waals surface area (Å²) in [5.41, 5.74) is 19.0. The molecule has 6 aliphatic carbocycles. The summed E-state index contributed by atoms with van der Waals surface area (Å²) in [6, 6.07) is 49.5. The van der Waals surface area contributed by atoms with Crippen LogP contribution in [0.2, 0.25) is 0 Å². The van der Waals surface area contributed by atoms with Gasteiger partial charge >= 0.3 is 0 Å². The number of hydrogen-bond donors (Lipinski definition) is 0. The molecule has 13 rings (SSSR count). The van der Waals surface area contributed by atoms with Crippen molar-refractivity contribution in [1.82, 2.24) is 0 Å². The molecular weight excluding hydrogens is 775 g/mol. The van der Waals surface area contributed by atoms with E-state index in [1.165, 1.54) is 124 Å². The van der Waals surface area contributed by atoms with Crippen LogP contribution in [0.5, 0.6) is 11.5 Å². The minimum absolute atomic E-state index is 0.0191. The average Bonchev–Trinajstić information content (AvgIpc) is 3.82. The van der Waals surface area contributed by atoms with E-state index in [0.717, 1.165) is 23.3 Å². The molecule has 4 fully saturated rings. The zero-order chi connectivity index (χ0) is 43.8. The second kappa shape index (κ2) is 12.8. The van der Waals surface area contributed by atoms with Gasteiger partial charge in [0.05, 0.1) is 0 Å². The van der Waals surface area contributed by atoms with Gasteiger partial charge in [0.2, 0.25) is 0 Å². The van der Waals surface area contributed by atoms with E-state index in [2.05, 4.69) is 188 Å². The first kappa shape index (κ1) is 39.3. The highest BCUT2D eigenvalue weighted by Crippen LogP contribution is 2.89. The zero-order valence-electron chi connectivity index (χ0n) is 39.4. The summed E-state index contributed by atoms with van der Waals surface area (Å²) < 4.78 is 6.91. The molecule has 64 heavy (non-hydrogen) atoms. The molecule has 6 unspecified atom stereocenters. The van der Waals surface area contributed by atoms with Crippen molar-refractivity contribution in [2.75, 3.05) is 4.90 Å². The van der Waals surface area contributed by atoms with E-state index in [1.807, 2.05) is 0 Å². The first-order chi connectivity index (χ1) is 30.6. The summed E-state index contributed by atoms with van der Waals surface area (Å²) in [6.07, 6.45) is 10.5. The van der Waals surface area contributed by atoms with Crippen LogP contribution in [0.3, 0.4) is 0 Å². The van der Waals surface area contributed by atoms with E-state index in [-0.39, 0.29) is 27.1 Å². The van der Waals surface area contributed by atoms with Crippen LogP contribution in [-0.4, -0.2) is 0 Å². The number of ether oxygens (including phenoxy) is 1. The van der Waals surface area contributed by atoms with Crippen molar-refractivity contribution in [3.05, 3.63) is 161 Å². The van der Waals surface area contributed by atoms with Crippen LogP contribution in [0.1, 0.15) is 140 Å². The molecule has 4 saturated carbocycles. The van der Waals surface area contributed by atoms with E-state index < -0.39 is 0 Å². The van der Waals surface area contributed by atoms with Crippen LogP contribution in [0.25, 0.3) is 22.3 Å². The molecule has 6 aromatic carbocycles. The zero-order valence-corrected chi connectivity index (χ0v) is 39.4. The fourth-order valence-electron chi connectivity index (χ4n) is 16.2. The Kier molecular flexibility index (Phi) is 7.88. The molecule has 2 nitrogen and oxygen atoms in total. The Bertz CT molecular complexity index is 2790. The molecule has 0 radical (unpaired) electrons. The quantitative estimate of drug-likeness (QED) is 0.171. The van der Waals surface area contributed by atoms with E-state index in [0.29, 0.717) is 17.3 Å². The Morgan fingerprint density at radius 2 is 0.953 bits per heavy atom. The van der Waals surface area contributed by atoms with Gasteiger partial charge in [0.25, 0.3) is 0 Å². The van der Waals surface area contributed by atoms with E-state index in [4.69, 9.17) is 4.74 Å². The molecule has 7 aliphatic rings. The van der Waals surface area contributed by atoms with Crippen molar-refractivity contribution in [3.63, 3.8) is 0 Å². The molecule has 6 atom stereocenters. The molecule has 6 aromatic rings. The third-order valence-corrected chi connectivity index (χ3v) is 19.3. The van der Waals surface area contributed by atoms with Gasteiger partial charge in [-0.05, 0) is 195 Å². The maximum Gasteiger partial charge on any atom is 0.131 e. The van der Waals surface area contributed by atoms with Gasteiger partial charge in [0.15, 0.2) is 0 Å². The lowest BCUT2D eigenvalue weighted by molar-refractivity contribution is -0.235. The Balaban J connectivity index is 0.958. The molecular formula is C62H65NO. The summed E-state index contributed by atoms with van der Waals surface area (Å²) >= 11 is 0. The number of para-hydroxylation sites is 1. The van der Waals surface area contributed by atoms with Gasteiger partial charge in [0, 0.05) is 33.6 Å². The van der Waals surface area contributed by atoms with Crippen molar-refractivity contribution in [2.45, 2.75) is 134 Å². The SMILES string of the molecule is CC1(C)CCC(C)(C)c2c(-c3ccc(N(c4ccc(-c5cccc6c5C(C)(C)CCC6(C)C)cc4)c4ccc5c(c4)C4(c6ccccc6O5)C5CC6CC7CC4C75C6)cc3)cccc21. The van der Waals surface area contributed by atoms with E-state index >= 15 is 0 Å². The Hall–Kier alpha value is -5.08. The number of fused-ring (bicyclic) bond motifs is 9. The van der Waals surface area contributed by atoms with E-state index in [1.54, 1.807) is 0 Å². The van der Waals surface area contributed by atoms with Crippen molar-refractivity contribution < 1.29 is 4.74 Å². The molecule has 324 valence electrons. The monoisotopic (exact) mass is 840 g/mol. The van der Waals surface area contributed by atoms with Crippen LogP contribution < -0.4 is 9.64 Å². The molecule has 0 saturated heterocycles.